The molecule has 0 radical (unpaired) electrons. The SMILES string of the molecule is CNC1(C(C)=O)CCSCC1. The minimum Gasteiger partial charge on any atom is -0.308 e. The predicted molar refractivity (Wildman–Crippen MR) is 49.0 cm³/mol. The summed E-state index contributed by atoms with van der Waals surface area (Å²) in [5.41, 5.74) is -0.189. The van der Waals surface area contributed by atoms with E-state index in [-0.39, 0.29) is 5.54 Å². The van der Waals surface area contributed by atoms with Gasteiger partial charge in [0.25, 0.3) is 0 Å². The van der Waals surface area contributed by atoms with Crippen molar-refractivity contribution in [1.29, 1.82) is 0 Å². The Morgan fingerprint density at radius 2 is 2.00 bits per heavy atom. The molecule has 0 unspecified atom stereocenters. The summed E-state index contributed by atoms with van der Waals surface area (Å²) in [4.78, 5) is 11.3. The lowest BCUT2D eigenvalue weighted by molar-refractivity contribution is -0.123. The Morgan fingerprint density at radius 3 is 2.27 bits per heavy atom. The smallest absolute Gasteiger partial charge is 0.149 e. The Hall–Kier alpha value is -0.0200. The largest absolute Gasteiger partial charge is 0.308 e. The molecule has 0 aromatic carbocycles. The van der Waals surface area contributed by atoms with Gasteiger partial charge in [-0.05, 0) is 38.3 Å². The fourth-order valence-corrected chi connectivity index (χ4v) is 2.69. The minimum absolute atomic E-state index is 0.189. The molecular formula is C8H15NOS. The van der Waals surface area contributed by atoms with E-state index in [0.717, 1.165) is 24.3 Å². The maximum atomic E-state index is 11.3. The Morgan fingerprint density at radius 1 is 1.45 bits per heavy atom. The number of hydrogen-bond acceptors (Lipinski definition) is 3. The Bertz CT molecular complexity index is 152. The van der Waals surface area contributed by atoms with E-state index < -0.39 is 0 Å². The first-order valence-corrected chi connectivity index (χ1v) is 5.14. The molecule has 0 aromatic rings. The van der Waals surface area contributed by atoms with Crippen LogP contribution >= 0.6 is 11.8 Å². The van der Waals surface area contributed by atoms with Crippen LogP contribution in [0.3, 0.4) is 0 Å². The van der Waals surface area contributed by atoms with E-state index in [1.807, 2.05) is 18.8 Å². The van der Waals surface area contributed by atoms with E-state index in [1.165, 1.54) is 0 Å². The van der Waals surface area contributed by atoms with E-state index in [9.17, 15) is 4.79 Å². The summed E-state index contributed by atoms with van der Waals surface area (Å²) in [7, 11) is 1.89. The van der Waals surface area contributed by atoms with Crippen molar-refractivity contribution in [3.63, 3.8) is 0 Å². The molecular weight excluding hydrogens is 158 g/mol. The number of likely N-dealkylation sites (N-methyl/N-ethyl adjacent to an activating group) is 1. The quantitative estimate of drug-likeness (QED) is 0.677. The maximum absolute atomic E-state index is 11.3. The molecule has 0 aliphatic carbocycles. The van der Waals surface area contributed by atoms with Crippen LogP contribution in [0.2, 0.25) is 0 Å². The topological polar surface area (TPSA) is 29.1 Å². The molecule has 0 atom stereocenters. The Kier molecular flexibility index (Phi) is 2.96. The van der Waals surface area contributed by atoms with Crippen molar-refractivity contribution in [1.82, 2.24) is 5.32 Å². The van der Waals surface area contributed by atoms with Gasteiger partial charge in [0.1, 0.15) is 5.78 Å². The zero-order valence-corrected chi connectivity index (χ0v) is 7.96. The van der Waals surface area contributed by atoms with Gasteiger partial charge in [-0.25, -0.2) is 0 Å². The van der Waals surface area contributed by atoms with Gasteiger partial charge in [-0.3, -0.25) is 4.79 Å². The third-order valence-corrected chi connectivity index (χ3v) is 3.48. The van der Waals surface area contributed by atoms with Crippen LogP contribution in [0.1, 0.15) is 19.8 Å². The molecule has 2 nitrogen and oxygen atoms in total. The summed E-state index contributed by atoms with van der Waals surface area (Å²) in [6.07, 6.45) is 1.98. The Labute approximate surface area is 72.1 Å². The first-order valence-electron chi connectivity index (χ1n) is 3.99. The highest BCUT2D eigenvalue weighted by Gasteiger charge is 2.34. The monoisotopic (exact) mass is 173 g/mol. The summed E-state index contributed by atoms with van der Waals surface area (Å²) in [5, 5.41) is 3.15. The lowest BCUT2D eigenvalue weighted by atomic mass is 9.88. The fraction of sp³-hybridized carbons (Fsp3) is 0.875. The molecule has 0 saturated carbocycles. The van der Waals surface area contributed by atoms with E-state index in [4.69, 9.17) is 0 Å². The van der Waals surface area contributed by atoms with Crippen LogP contribution in [0.4, 0.5) is 0 Å². The summed E-state index contributed by atoms with van der Waals surface area (Å²) < 4.78 is 0. The van der Waals surface area contributed by atoms with Crippen LogP contribution in [0, 0.1) is 0 Å². The molecule has 0 bridgehead atoms. The third-order valence-electron chi connectivity index (χ3n) is 2.50. The number of nitrogens with one attached hydrogen (secondary N) is 1. The second-order valence-corrected chi connectivity index (χ2v) is 4.23. The summed E-state index contributed by atoms with van der Waals surface area (Å²) >= 11 is 1.94. The number of ketones is 1. The van der Waals surface area contributed by atoms with Crippen molar-refractivity contribution < 1.29 is 4.79 Å². The second-order valence-electron chi connectivity index (χ2n) is 3.00. The van der Waals surface area contributed by atoms with Crippen LogP contribution < -0.4 is 5.32 Å². The number of Topliss-reactive ketones (excluding diaryl/α,β-unsaturated/α-hetero) is 1. The predicted octanol–water partition coefficient (Wildman–Crippen LogP) is 1.06. The number of rotatable bonds is 2. The molecule has 11 heavy (non-hydrogen) atoms. The summed E-state index contributed by atoms with van der Waals surface area (Å²) in [6, 6.07) is 0. The summed E-state index contributed by atoms with van der Waals surface area (Å²) in [6.45, 7) is 1.69. The lowest BCUT2D eigenvalue weighted by Crippen LogP contribution is -2.51. The molecule has 1 N–H and O–H groups in total. The molecule has 1 saturated heterocycles. The van der Waals surface area contributed by atoms with Crippen LogP contribution in [-0.4, -0.2) is 29.9 Å². The first-order chi connectivity index (χ1) is 5.21. The molecule has 1 rings (SSSR count). The van der Waals surface area contributed by atoms with Crippen LogP contribution in [0.5, 0.6) is 0 Å². The van der Waals surface area contributed by atoms with Crippen molar-refractivity contribution in [2.75, 3.05) is 18.6 Å². The van der Waals surface area contributed by atoms with Gasteiger partial charge < -0.3 is 5.32 Å². The minimum atomic E-state index is -0.189. The lowest BCUT2D eigenvalue weighted by Gasteiger charge is -2.34. The average Bonchev–Trinajstić information content (AvgIpc) is 2.05. The zero-order valence-electron chi connectivity index (χ0n) is 7.14. The fourth-order valence-electron chi connectivity index (χ4n) is 1.50. The number of carbonyl (C=O) groups is 1. The van der Waals surface area contributed by atoms with Crippen LogP contribution in [0.25, 0.3) is 0 Å². The van der Waals surface area contributed by atoms with E-state index in [2.05, 4.69) is 5.32 Å². The molecule has 1 heterocycles. The zero-order chi connectivity index (χ0) is 8.32. The highest BCUT2D eigenvalue weighted by atomic mass is 32.2. The van der Waals surface area contributed by atoms with Gasteiger partial charge in [-0.15, -0.1) is 0 Å². The standard InChI is InChI=1S/C8H15NOS/c1-7(10)8(9-2)3-5-11-6-4-8/h9H,3-6H2,1-2H3. The molecule has 0 spiro atoms. The van der Waals surface area contributed by atoms with Crippen molar-refractivity contribution in [2.45, 2.75) is 25.3 Å². The maximum Gasteiger partial charge on any atom is 0.149 e. The van der Waals surface area contributed by atoms with Crippen molar-refractivity contribution in [3.8, 4) is 0 Å². The second kappa shape index (κ2) is 3.59. The molecule has 0 aromatic heterocycles. The van der Waals surface area contributed by atoms with Gasteiger partial charge in [0.2, 0.25) is 0 Å². The third kappa shape index (κ3) is 1.76. The molecule has 0 amide bonds. The van der Waals surface area contributed by atoms with Gasteiger partial charge in [0.15, 0.2) is 0 Å². The Balaban J connectivity index is 2.64. The van der Waals surface area contributed by atoms with Gasteiger partial charge >= 0.3 is 0 Å². The molecule has 1 aliphatic rings. The van der Waals surface area contributed by atoms with Gasteiger partial charge in [-0.2, -0.15) is 11.8 Å². The van der Waals surface area contributed by atoms with Gasteiger partial charge in [-0.1, -0.05) is 0 Å². The highest BCUT2D eigenvalue weighted by molar-refractivity contribution is 7.99. The van der Waals surface area contributed by atoms with E-state index in [0.29, 0.717) is 5.78 Å². The number of hydrogen-bond donors (Lipinski definition) is 1. The highest BCUT2D eigenvalue weighted by Crippen LogP contribution is 2.27. The molecule has 64 valence electrons. The number of thioether (sulfide) groups is 1. The molecule has 1 fully saturated rings. The van der Waals surface area contributed by atoms with Gasteiger partial charge in [0.05, 0.1) is 5.54 Å². The average molecular weight is 173 g/mol. The molecule has 3 heteroatoms. The summed E-state index contributed by atoms with van der Waals surface area (Å²) in [5.74, 6) is 2.52. The van der Waals surface area contributed by atoms with Crippen LogP contribution in [0.15, 0.2) is 0 Å². The van der Waals surface area contributed by atoms with Crippen molar-refractivity contribution >= 4 is 17.5 Å². The van der Waals surface area contributed by atoms with E-state index >= 15 is 0 Å². The van der Waals surface area contributed by atoms with Gasteiger partial charge in [0, 0.05) is 0 Å². The first kappa shape index (κ1) is 9.07. The van der Waals surface area contributed by atoms with Crippen molar-refractivity contribution in [3.05, 3.63) is 0 Å². The van der Waals surface area contributed by atoms with E-state index in [1.54, 1.807) is 6.92 Å². The van der Waals surface area contributed by atoms with Crippen LogP contribution in [-0.2, 0) is 4.79 Å². The molecule has 1 aliphatic heterocycles. The normalized spacial score (nSPS) is 23.1. The van der Waals surface area contributed by atoms with Crippen molar-refractivity contribution in [2.24, 2.45) is 0 Å². The number of carbonyl (C=O) groups excluding carboxylic acids is 1.